The van der Waals surface area contributed by atoms with Crippen molar-refractivity contribution < 1.29 is 28.6 Å². The molecule has 0 saturated carbocycles. The third-order valence-electron chi connectivity index (χ3n) is 4.10. The highest BCUT2D eigenvalue weighted by Gasteiger charge is 2.22. The Labute approximate surface area is 163 Å². The van der Waals surface area contributed by atoms with Crippen LogP contribution in [0.1, 0.15) is 19.4 Å². The first kappa shape index (κ1) is 21.2. The van der Waals surface area contributed by atoms with Crippen LogP contribution in [0, 0.1) is 11.7 Å². The molecular weight excluding hydrogens is 365 g/mol. The molecule has 150 valence electrons. The van der Waals surface area contributed by atoms with Gasteiger partial charge in [0.25, 0.3) is 5.91 Å². The Bertz CT molecular complexity index is 794. The largest absolute Gasteiger partial charge is 0.494 e. The summed E-state index contributed by atoms with van der Waals surface area (Å²) in [6, 6.07) is 12.9. The van der Waals surface area contributed by atoms with Crippen LogP contribution in [0.2, 0.25) is 0 Å². The molecular formula is C21H24FNO5. The monoisotopic (exact) mass is 389 g/mol. The van der Waals surface area contributed by atoms with E-state index in [4.69, 9.17) is 9.47 Å². The molecule has 2 aromatic carbocycles. The van der Waals surface area contributed by atoms with Gasteiger partial charge in [0, 0.05) is 6.54 Å². The zero-order chi connectivity index (χ0) is 20.5. The van der Waals surface area contributed by atoms with E-state index >= 15 is 0 Å². The molecule has 28 heavy (non-hydrogen) atoms. The normalized spacial score (nSPS) is 12.7. The number of carbonyl (C=O) groups is 2. The highest BCUT2D eigenvalue weighted by Crippen LogP contribution is 2.18. The number of nitrogens with one attached hydrogen (secondary N) is 1. The lowest BCUT2D eigenvalue weighted by molar-refractivity contribution is -0.141. The van der Waals surface area contributed by atoms with Gasteiger partial charge in [0.15, 0.2) is 17.7 Å². The molecule has 0 aliphatic heterocycles. The van der Waals surface area contributed by atoms with Crippen LogP contribution in [0.3, 0.4) is 0 Å². The summed E-state index contributed by atoms with van der Waals surface area (Å²) in [4.78, 5) is 23.7. The summed E-state index contributed by atoms with van der Waals surface area (Å²) in [6.07, 6.45) is -0.707. The third-order valence-corrected chi connectivity index (χ3v) is 4.10. The van der Waals surface area contributed by atoms with Gasteiger partial charge in [-0.1, -0.05) is 24.3 Å². The van der Waals surface area contributed by atoms with Crippen LogP contribution in [0.4, 0.5) is 4.39 Å². The van der Waals surface area contributed by atoms with Gasteiger partial charge in [0.2, 0.25) is 0 Å². The van der Waals surface area contributed by atoms with Crippen LogP contribution in [0.5, 0.6) is 11.5 Å². The van der Waals surface area contributed by atoms with Crippen LogP contribution < -0.4 is 14.8 Å². The van der Waals surface area contributed by atoms with E-state index in [1.807, 2.05) is 6.92 Å². The maximum atomic E-state index is 13.6. The van der Waals surface area contributed by atoms with Crippen molar-refractivity contribution in [2.75, 3.05) is 13.2 Å². The standard InChI is InChI=1S/C21H24FNO5/c1-3-27-17-10-8-15(9-11-17)12-16(21(25)26)13-23-20(24)14(2)28-19-7-5-4-6-18(19)22/h4-11,14,16H,3,12-13H2,1-2H3,(H,23,24)(H,25,26). The van der Waals surface area contributed by atoms with Crippen molar-refractivity contribution >= 4 is 11.9 Å². The fourth-order valence-corrected chi connectivity index (χ4v) is 2.57. The number of para-hydroxylation sites is 1. The molecule has 0 aromatic heterocycles. The maximum Gasteiger partial charge on any atom is 0.308 e. The van der Waals surface area contributed by atoms with Crippen molar-refractivity contribution in [3.63, 3.8) is 0 Å². The van der Waals surface area contributed by atoms with Crippen LogP contribution in [-0.4, -0.2) is 36.2 Å². The number of benzene rings is 2. The minimum Gasteiger partial charge on any atom is -0.494 e. The van der Waals surface area contributed by atoms with E-state index in [1.54, 1.807) is 30.3 Å². The predicted octanol–water partition coefficient (Wildman–Crippen LogP) is 3.05. The van der Waals surface area contributed by atoms with Gasteiger partial charge in [-0.3, -0.25) is 9.59 Å². The van der Waals surface area contributed by atoms with Gasteiger partial charge in [0.1, 0.15) is 5.75 Å². The van der Waals surface area contributed by atoms with Gasteiger partial charge < -0.3 is 19.9 Å². The molecule has 0 bridgehead atoms. The minimum atomic E-state index is -1.02. The molecule has 0 radical (unpaired) electrons. The molecule has 0 saturated heterocycles. The highest BCUT2D eigenvalue weighted by atomic mass is 19.1. The lowest BCUT2D eigenvalue weighted by Gasteiger charge is -2.18. The minimum absolute atomic E-state index is 0.0330. The number of rotatable bonds is 10. The highest BCUT2D eigenvalue weighted by molar-refractivity contribution is 5.81. The van der Waals surface area contributed by atoms with E-state index in [0.29, 0.717) is 12.4 Å². The van der Waals surface area contributed by atoms with E-state index in [0.717, 1.165) is 5.56 Å². The molecule has 0 fully saturated rings. The number of ether oxygens (including phenoxy) is 2. The van der Waals surface area contributed by atoms with Crippen LogP contribution >= 0.6 is 0 Å². The average Bonchev–Trinajstić information content (AvgIpc) is 2.68. The summed E-state index contributed by atoms with van der Waals surface area (Å²) in [5.41, 5.74) is 0.820. The molecule has 7 heteroatoms. The van der Waals surface area contributed by atoms with Crippen molar-refractivity contribution in [1.82, 2.24) is 5.32 Å². The lowest BCUT2D eigenvalue weighted by Crippen LogP contribution is -2.41. The van der Waals surface area contributed by atoms with Crippen LogP contribution in [0.15, 0.2) is 48.5 Å². The van der Waals surface area contributed by atoms with Gasteiger partial charge in [0.05, 0.1) is 12.5 Å². The molecule has 2 unspecified atom stereocenters. The second kappa shape index (κ2) is 10.3. The first-order chi connectivity index (χ1) is 13.4. The van der Waals surface area contributed by atoms with E-state index in [2.05, 4.69) is 5.32 Å². The Morgan fingerprint density at radius 1 is 1.14 bits per heavy atom. The second-order valence-corrected chi connectivity index (χ2v) is 6.25. The quantitative estimate of drug-likeness (QED) is 0.652. The topological polar surface area (TPSA) is 84.9 Å². The van der Waals surface area contributed by atoms with Gasteiger partial charge in [-0.25, -0.2) is 4.39 Å². The van der Waals surface area contributed by atoms with Crippen molar-refractivity contribution in [2.24, 2.45) is 5.92 Å². The van der Waals surface area contributed by atoms with Crippen LogP contribution in [0.25, 0.3) is 0 Å². The van der Waals surface area contributed by atoms with Gasteiger partial charge >= 0.3 is 5.97 Å². The first-order valence-electron chi connectivity index (χ1n) is 9.04. The molecule has 1 amide bonds. The summed E-state index contributed by atoms with van der Waals surface area (Å²) < 4.78 is 24.3. The number of halogens is 1. The fourth-order valence-electron chi connectivity index (χ4n) is 2.57. The lowest BCUT2D eigenvalue weighted by atomic mass is 9.99. The molecule has 0 spiro atoms. The Balaban J connectivity index is 1.90. The Morgan fingerprint density at radius 3 is 2.43 bits per heavy atom. The fraction of sp³-hybridized carbons (Fsp3) is 0.333. The van der Waals surface area contributed by atoms with E-state index in [-0.39, 0.29) is 18.7 Å². The zero-order valence-corrected chi connectivity index (χ0v) is 15.9. The summed E-state index contributed by atoms with van der Waals surface area (Å²) >= 11 is 0. The maximum absolute atomic E-state index is 13.6. The predicted molar refractivity (Wildman–Crippen MR) is 102 cm³/mol. The summed E-state index contributed by atoms with van der Waals surface area (Å²) in [5, 5.41) is 12.0. The molecule has 6 nitrogen and oxygen atoms in total. The molecule has 2 atom stereocenters. The van der Waals surface area contributed by atoms with Gasteiger partial charge in [-0.15, -0.1) is 0 Å². The van der Waals surface area contributed by atoms with E-state index in [9.17, 15) is 19.1 Å². The molecule has 0 aliphatic rings. The molecule has 2 rings (SSSR count). The summed E-state index contributed by atoms with van der Waals surface area (Å²) in [6.45, 7) is 3.85. The van der Waals surface area contributed by atoms with Gasteiger partial charge in [-0.05, 0) is 50.1 Å². The molecule has 0 aliphatic carbocycles. The number of hydrogen-bond acceptors (Lipinski definition) is 4. The van der Waals surface area contributed by atoms with Crippen molar-refractivity contribution in [3.05, 3.63) is 59.9 Å². The third kappa shape index (κ3) is 6.26. The number of carboxylic acid groups (broad SMARTS) is 1. The molecule has 0 heterocycles. The van der Waals surface area contributed by atoms with Gasteiger partial charge in [-0.2, -0.15) is 0 Å². The summed E-state index contributed by atoms with van der Waals surface area (Å²) in [5.74, 6) is -2.22. The number of aliphatic carboxylic acids is 1. The van der Waals surface area contributed by atoms with Crippen molar-refractivity contribution in [1.29, 1.82) is 0 Å². The molecule has 2 aromatic rings. The van der Waals surface area contributed by atoms with Crippen molar-refractivity contribution in [3.8, 4) is 11.5 Å². The number of amides is 1. The SMILES string of the molecule is CCOc1ccc(CC(CNC(=O)C(C)Oc2ccccc2F)C(=O)O)cc1. The zero-order valence-electron chi connectivity index (χ0n) is 15.9. The second-order valence-electron chi connectivity index (χ2n) is 6.25. The average molecular weight is 389 g/mol. The van der Waals surface area contributed by atoms with E-state index in [1.165, 1.54) is 25.1 Å². The number of carbonyl (C=O) groups excluding carboxylic acids is 1. The number of hydrogen-bond donors (Lipinski definition) is 2. The Morgan fingerprint density at radius 2 is 1.82 bits per heavy atom. The summed E-state index contributed by atoms with van der Waals surface area (Å²) in [7, 11) is 0. The van der Waals surface area contributed by atoms with Crippen molar-refractivity contribution in [2.45, 2.75) is 26.4 Å². The van der Waals surface area contributed by atoms with Crippen LogP contribution in [-0.2, 0) is 16.0 Å². The number of carboxylic acids is 1. The van der Waals surface area contributed by atoms with E-state index < -0.39 is 29.7 Å². The first-order valence-corrected chi connectivity index (χ1v) is 9.04. The molecule has 2 N–H and O–H groups in total. The Kier molecular flexibility index (Phi) is 7.80. The Hall–Kier alpha value is -3.09. The smallest absolute Gasteiger partial charge is 0.308 e.